The van der Waals surface area contributed by atoms with Gasteiger partial charge in [0.05, 0.1) is 18.8 Å². The number of allylic oxidation sites excluding steroid dienone is 3. The molecule has 1 aromatic carbocycles. The van der Waals surface area contributed by atoms with Gasteiger partial charge in [-0.2, -0.15) is 0 Å². The number of hydrogen-bond acceptors (Lipinski definition) is 2. The van der Waals surface area contributed by atoms with Crippen molar-refractivity contribution in [1.29, 1.82) is 0 Å². The van der Waals surface area contributed by atoms with E-state index in [-0.39, 0.29) is 5.60 Å². The van der Waals surface area contributed by atoms with Crippen LogP contribution in [0.4, 0.5) is 0 Å². The topological polar surface area (TPSA) is 21.8 Å². The number of hydrogen-bond donors (Lipinski definition) is 0. The minimum Gasteiger partial charge on any atom is -0.497 e. The summed E-state index contributed by atoms with van der Waals surface area (Å²) >= 11 is 0. The highest BCUT2D eigenvalue weighted by Crippen LogP contribution is 2.43. The normalized spacial score (nSPS) is 21.6. The smallest absolute Gasteiger partial charge is 0.118 e. The standard InChI is InChI=1S/C20H26O2/c1-6-15(2)14-17(19-20(3,4)22-19)9-7-8-16-10-12-18(21-5)13-11-16/h6-8,10-14,17,19H,1,9H2,2-5H3/b8-7+,15-14+. The van der Waals surface area contributed by atoms with Crippen molar-refractivity contribution in [3.63, 3.8) is 0 Å². The van der Waals surface area contributed by atoms with Crippen LogP contribution in [-0.2, 0) is 4.74 Å². The molecule has 0 saturated carbocycles. The van der Waals surface area contributed by atoms with Gasteiger partial charge < -0.3 is 9.47 Å². The van der Waals surface area contributed by atoms with Gasteiger partial charge in [-0.15, -0.1) is 0 Å². The minimum absolute atomic E-state index is 0.00340. The zero-order valence-electron chi connectivity index (χ0n) is 14.0. The second kappa shape index (κ2) is 6.97. The summed E-state index contributed by atoms with van der Waals surface area (Å²) in [5.41, 5.74) is 2.38. The largest absolute Gasteiger partial charge is 0.497 e. The van der Waals surface area contributed by atoms with Crippen molar-refractivity contribution in [3.8, 4) is 5.75 Å². The summed E-state index contributed by atoms with van der Waals surface area (Å²) in [5, 5.41) is 0. The Hall–Kier alpha value is -1.80. The average molecular weight is 298 g/mol. The van der Waals surface area contributed by atoms with E-state index in [1.165, 1.54) is 11.1 Å². The van der Waals surface area contributed by atoms with E-state index in [4.69, 9.17) is 9.47 Å². The van der Waals surface area contributed by atoms with Crippen molar-refractivity contribution in [3.05, 3.63) is 60.2 Å². The predicted molar refractivity (Wildman–Crippen MR) is 93.0 cm³/mol. The molecule has 2 nitrogen and oxygen atoms in total. The van der Waals surface area contributed by atoms with Crippen molar-refractivity contribution in [2.24, 2.45) is 5.92 Å². The number of epoxide rings is 1. The highest BCUT2D eigenvalue weighted by atomic mass is 16.6. The van der Waals surface area contributed by atoms with Crippen LogP contribution in [0.3, 0.4) is 0 Å². The Labute approximate surface area is 134 Å². The first-order valence-electron chi connectivity index (χ1n) is 7.75. The third-order valence-corrected chi connectivity index (χ3v) is 4.08. The van der Waals surface area contributed by atoms with E-state index >= 15 is 0 Å². The zero-order chi connectivity index (χ0) is 16.2. The van der Waals surface area contributed by atoms with Crippen LogP contribution in [-0.4, -0.2) is 18.8 Å². The van der Waals surface area contributed by atoms with E-state index in [0.29, 0.717) is 12.0 Å². The third kappa shape index (κ3) is 4.35. The summed E-state index contributed by atoms with van der Waals surface area (Å²) in [7, 11) is 1.68. The first-order valence-corrected chi connectivity index (χ1v) is 7.75. The van der Waals surface area contributed by atoms with Crippen LogP contribution in [0.25, 0.3) is 6.08 Å². The van der Waals surface area contributed by atoms with Crippen LogP contribution in [0.15, 0.2) is 54.6 Å². The van der Waals surface area contributed by atoms with Crippen LogP contribution in [0.5, 0.6) is 5.75 Å². The van der Waals surface area contributed by atoms with Gasteiger partial charge in [-0.05, 0) is 44.9 Å². The molecule has 0 bridgehead atoms. The van der Waals surface area contributed by atoms with E-state index in [1.54, 1.807) is 7.11 Å². The summed E-state index contributed by atoms with van der Waals surface area (Å²) in [6.07, 6.45) is 9.80. The quantitative estimate of drug-likeness (QED) is 0.520. The van der Waals surface area contributed by atoms with Crippen molar-refractivity contribution in [1.82, 2.24) is 0 Å². The maximum Gasteiger partial charge on any atom is 0.118 e. The monoisotopic (exact) mass is 298 g/mol. The molecule has 0 aliphatic carbocycles. The van der Waals surface area contributed by atoms with E-state index in [9.17, 15) is 0 Å². The van der Waals surface area contributed by atoms with Gasteiger partial charge in [-0.3, -0.25) is 0 Å². The Morgan fingerprint density at radius 3 is 2.50 bits per heavy atom. The van der Waals surface area contributed by atoms with Gasteiger partial charge in [0.25, 0.3) is 0 Å². The number of benzene rings is 1. The molecule has 0 spiro atoms. The molecule has 2 heteroatoms. The molecular formula is C20H26O2. The molecule has 0 aromatic heterocycles. The Balaban J connectivity index is 2.01. The third-order valence-electron chi connectivity index (χ3n) is 4.08. The van der Waals surface area contributed by atoms with Crippen molar-refractivity contribution in [2.75, 3.05) is 7.11 Å². The molecule has 1 aromatic rings. The molecule has 1 aliphatic rings. The number of rotatable bonds is 7. The van der Waals surface area contributed by atoms with Gasteiger partial charge in [0.1, 0.15) is 5.75 Å². The lowest BCUT2D eigenvalue weighted by molar-refractivity contribution is 0.307. The summed E-state index contributed by atoms with van der Waals surface area (Å²) in [5.74, 6) is 1.27. The number of ether oxygens (including phenoxy) is 2. The Morgan fingerprint density at radius 2 is 2.00 bits per heavy atom. The van der Waals surface area contributed by atoms with E-state index < -0.39 is 0 Å². The molecule has 0 radical (unpaired) electrons. The summed E-state index contributed by atoms with van der Waals surface area (Å²) < 4.78 is 11.0. The lowest BCUT2D eigenvalue weighted by Gasteiger charge is -2.09. The Morgan fingerprint density at radius 1 is 1.36 bits per heavy atom. The summed E-state index contributed by atoms with van der Waals surface area (Å²) in [4.78, 5) is 0. The van der Waals surface area contributed by atoms with Crippen molar-refractivity contribution >= 4 is 6.08 Å². The lowest BCUT2D eigenvalue weighted by Crippen LogP contribution is -2.13. The van der Waals surface area contributed by atoms with Crippen molar-refractivity contribution < 1.29 is 9.47 Å². The van der Waals surface area contributed by atoms with E-state index in [1.807, 2.05) is 18.2 Å². The van der Waals surface area contributed by atoms with Crippen LogP contribution in [0.2, 0.25) is 0 Å². The highest BCUT2D eigenvalue weighted by molar-refractivity contribution is 5.50. The first kappa shape index (κ1) is 16.6. The fourth-order valence-corrected chi connectivity index (χ4v) is 2.66. The Bertz CT molecular complexity index is 564. The van der Waals surface area contributed by atoms with Gasteiger partial charge in [0.15, 0.2) is 0 Å². The van der Waals surface area contributed by atoms with Crippen LogP contribution >= 0.6 is 0 Å². The molecule has 1 aliphatic heterocycles. The second-order valence-electron chi connectivity index (χ2n) is 6.33. The van der Waals surface area contributed by atoms with Gasteiger partial charge in [0.2, 0.25) is 0 Å². The first-order chi connectivity index (χ1) is 10.5. The highest BCUT2D eigenvalue weighted by Gasteiger charge is 2.51. The molecule has 1 fully saturated rings. The molecule has 2 atom stereocenters. The van der Waals surface area contributed by atoms with Crippen LogP contribution in [0.1, 0.15) is 32.8 Å². The molecule has 0 N–H and O–H groups in total. The SMILES string of the molecule is C=C/C(C)=C/C(C/C=C/c1ccc(OC)cc1)C1OC1(C)C. The zero-order valence-corrected chi connectivity index (χ0v) is 14.0. The molecule has 0 amide bonds. The molecule has 2 unspecified atom stereocenters. The van der Waals surface area contributed by atoms with Crippen LogP contribution in [0, 0.1) is 5.92 Å². The number of methoxy groups -OCH3 is 1. The summed E-state index contributed by atoms with van der Waals surface area (Å²) in [6.45, 7) is 10.2. The maximum atomic E-state index is 5.82. The molecule has 1 heterocycles. The van der Waals surface area contributed by atoms with E-state index in [2.05, 4.69) is 57.7 Å². The van der Waals surface area contributed by atoms with Gasteiger partial charge >= 0.3 is 0 Å². The average Bonchev–Trinajstić information content (AvgIpc) is 3.15. The van der Waals surface area contributed by atoms with Crippen LogP contribution < -0.4 is 4.74 Å². The fraction of sp³-hybridized carbons (Fsp3) is 0.400. The fourth-order valence-electron chi connectivity index (χ4n) is 2.66. The van der Waals surface area contributed by atoms with Gasteiger partial charge in [-0.1, -0.05) is 48.6 Å². The second-order valence-corrected chi connectivity index (χ2v) is 6.33. The molecule has 1 saturated heterocycles. The molecular weight excluding hydrogens is 272 g/mol. The van der Waals surface area contributed by atoms with Crippen molar-refractivity contribution in [2.45, 2.75) is 38.9 Å². The van der Waals surface area contributed by atoms with Gasteiger partial charge in [-0.25, -0.2) is 0 Å². The molecule has 22 heavy (non-hydrogen) atoms. The van der Waals surface area contributed by atoms with Gasteiger partial charge in [0, 0.05) is 5.92 Å². The lowest BCUT2D eigenvalue weighted by atomic mass is 9.92. The summed E-state index contributed by atoms with van der Waals surface area (Å²) in [6, 6.07) is 8.08. The predicted octanol–water partition coefficient (Wildman–Crippen LogP) is 5.02. The molecule has 2 rings (SSSR count). The maximum absolute atomic E-state index is 5.82. The minimum atomic E-state index is -0.00340. The van der Waals surface area contributed by atoms with E-state index in [0.717, 1.165) is 12.2 Å². The Kier molecular flexibility index (Phi) is 5.25. The molecule has 118 valence electrons.